The smallest absolute Gasteiger partial charge is 0.252 e. The van der Waals surface area contributed by atoms with Crippen LogP contribution in [-0.4, -0.2) is 49.2 Å². The molecule has 190 valence electrons. The first-order valence-electron chi connectivity index (χ1n) is 11.9. The van der Waals surface area contributed by atoms with Gasteiger partial charge in [0.1, 0.15) is 18.5 Å². The zero-order valence-electron chi connectivity index (χ0n) is 20.7. The molecule has 0 radical (unpaired) electrons. The van der Waals surface area contributed by atoms with Crippen molar-refractivity contribution in [2.75, 3.05) is 19.4 Å². The quantitative estimate of drug-likeness (QED) is 0.456. The fourth-order valence-electron chi connectivity index (χ4n) is 4.06. The molecule has 0 fully saturated rings. The van der Waals surface area contributed by atoms with Crippen molar-refractivity contribution >= 4 is 41.0 Å². The van der Waals surface area contributed by atoms with Crippen LogP contribution in [0.25, 0.3) is 0 Å². The average Bonchev–Trinajstić information content (AvgIpc) is 2.83. The number of nitrogens with one attached hydrogen (secondary N) is 2. The number of benzene rings is 1. The van der Waals surface area contributed by atoms with E-state index in [1.54, 1.807) is 13.0 Å². The maximum atomic E-state index is 13.1. The van der Waals surface area contributed by atoms with E-state index in [1.807, 2.05) is 32.3 Å². The van der Waals surface area contributed by atoms with Crippen molar-refractivity contribution in [2.45, 2.75) is 65.0 Å². The van der Waals surface area contributed by atoms with Crippen LogP contribution < -0.4 is 20.1 Å². The minimum atomic E-state index is -0.349. The molecule has 2 amide bonds. The van der Waals surface area contributed by atoms with Crippen molar-refractivity contribution < 1.29 is 23.9 Å². The fraction of sp³-hybridized carbons (Fsp3) is 0.500. The van der Waals surface area contributed by atoms with Crippen LogP contribution in [0.2, 0.25) is 5.02 Å². The van der Waals surface area contributed by atoms with Crippen molar-refractivity contribution in [2.24, 2.45) is 0 Å². The molecule has 0 saturated carbocycles. The summed E-state index contributed by atoms with van der Waals surface area (Å²) in [5.74, 6) is 0.566. The summed E-state index contributed by atoms with van der Waals surface area (Å²) in [7, 11) is 0. The molecule has 0 aliphatic carbocycles. The Balaban J connectivity index is 1.74. The zero-order chi connectivity index (χ0) is 25.5. The number of ether oxygens (including phenoxy) is 2. The van der Waals surface area contributed by atoms with Gasteiger partial charge in [0.05, 0.1) is 5.02 Å². The normalized spacial score (nSPS) is 22.6. The molecule has 2 aliphatic heterocycles. The largest absolute Gasteiger partial charge is 0.484 e. The van der Waals surface area contributed by atoms with Crippen LogP contribution in [-0.2, 0) is 9.59 Å². The summed E-state index contributed by atoms with van der Waals surface area (Å²) in [6, 6.07) is 1.49. The van der Waals surface area contributed by atoms with Crippen molar-refractivity contribution in [3.8, 4) is 11.5 Å². The lowest BCUT2D eigenvalue weighted by Gasteiger charge is -2.29. The van der Waals surface area contributed by atoms with Crippen LogP contribution in [0.15, 0.2) is 28.7 Å². The molecule has 0 spiro atoms. The van der Waals surface area contributed by atoms with Gasteiger partial charge in [-0.05, 0) is 50.3 Å². The Labute approximate surface area is 216 Å². The summed E-state index contributed by atoms with van der Waals surface area (Å²) in [4.78, 5) is 38.4. The fourth-order valence-corrected chi connectivity index (χ4v) is 4.98. The highest BCUT2D eigenvalue weighted by atomic mass is 35.5. The van der Waals surface area contributed by atoms with Gasteiger partial charge in [0.15, 0.2) is 11.5 Å². The van der Waals surface area contributed by atoms with E-state index < -0.39 is 0 Å². The number of hydrogen-bond donors (Lipinski definition) is 2. The summed E-state index contributed by atoms with van der Waals surface area (Å²) in [5, 5.41) is 6.10. The Kier molecular flexibility index (Phi) is 9.69. The summed E-state index contributed by atoms with van der Waals surface area (Å²) < 4.78 is 12.0. The van der Waals surface area contributed by atoms with Gasteiger partial charge in [0, 0.05) is 42.1 Å². The maximum Gasteiger partial charge on any atom is 0.252 e. The van der Waals surface area contributed by atoms with Crippen LogP contribution in [0.1, 0.15) is 61.9 Å². The van der Waals surface area contributed by atoms with Gasteiger partial charge in [0.2, 0.25) is 5.91 Å². The molecule has 2 unspecified atom stereocenters. The topological polar surface area (TPSA) is 93.7 Å². The molecule has 1 aromatic carbocycles. The SMILES string of the molecule is CCC(=O)CCCC1COc2c(Cl)cc(C(=O)NC/C3=C(\SC)C/C=C\C(C)NC3=O)c(C)c2O1. The number of hydrogen-bond acceptors (Lipinski definition) is 6. The van der Waals surface area contributed by atoms with Gasteiger partial charge in [-0.1, -0.05) is 30.7 Å². The summed E-state index contributed by atoms with van der Waals surface area (Å²) in [6.45, 7) is 5.99. The average molecular weight is 521 g/mol. The van der Waals surface area contributed by atoms with E-state index in [9.17, 15) is 14.4 Å². The third kappa shape index (κ3) is 6.82. The number of ketones is 1. The number of Topliss-reactive ketones (excluding diaryl/α,β-unsaturated/α-hetero) is 1. The molecule has 0 saturated heterocycles. The number of allylic oxidation sites excluding steroid dienone is 2. The van der Waals surface area contributed by atoms with Gasteiger partial charge in [-0.15, -0.1) is 11.8 Å². The van der Waals surface area contributed by atoms with Crippen molar-refractivity contribution in [1.82, 2.24) is 10.6 Å². The molecule has 2 heterocycles. The molecule has 3 rings (SSSR count). The molecular weight excluding hydrogens is 488 g/mol. The first-order chi connectivity index (χ1) is 16.7. The molecule has 35 heavy (non-hydrogen) atoms. The highest BCUT2D eigenvalue weighted by molar-refractivity contribution is 8.02. The number of amides is 2. The number of fused-ring (bicyclic) bond motifs is 1. The molecule has 0 aromatic heterocycles. The first-order valence-corrected chi connectivity index (χ1v) is 13.5. The van der Waals surface area contributed by atoms with E-state index in [2.05, 4.69) is 10.6 Å². The lowest BCUT2D eigenvalue weighted by atomic mass is 10.0. The van der Waals surface area contributed by atoms with Gasteiger partial charge in [-0.25, -0.2) is 0 Å². The van der Waals surface area contributed by atoms with Gasteiger partial charge in [-0.3, -0.25) is 14.4 Å². The third-order valence-corrected chi connectivity index (χ3v) is 7.31. The Morgan fingerprint density at radius 3 is 2.80 bits per heavy atom. The lowest BCUT2D eigenvalue weighted by molar-refractivity contribution is -0.119. The highest BCUT2D eigenvalue weighted by Crippen LogP contribution is 2.43. The Morgan fingerprint density at radius 2 is 2.09 bits per heavy atom. The predicted octanol–water partition coefficient (Wildman–Crippen LogP) is 4.75. The predicted molar refractivity (Wildman–Crippen MR) is 139 cm³/mol. The van der Waals surface area contributed by atoms with Gasteiger partial charge < -0.3 is 20.1 Å². The number of halogens is 1. The molecule has 2 aliphatic rings. The minimum absolute atomic E-state index is 0.0801. The van der Waals surface area contributed by atoms with Crippen molar-refractivity contribution in [3.63, 3.8) is 0 Å². The van der Waals surface area contributed by atoms with Crippen LogP contribution in [0.4, 0.5) is 0 Å². The van der Waals surface area contributed by atoms with Gasteiger partial charge in [0.25, 0.3) is 5.91 Å². The van der Waals surface area contributed by atoms with E-state index in [-0.39, 0.29) is 36.3 Å². The van der Waals surface area contributed by atoms with Crippen LogP contribution in [0.5, 0.6) is 11.5 Å². The second-order valence-corrected chi connectivity index (χ2v) is 10.0. The molecule has 9 heteroatoms. The molecule has 1 aromatic rings. The monoisotopic (exact) mass is 520 g/mol. The summed E-state index contributed by atoms with van der Waals surface area (Å²) in [6.07, 6.45) is 8.76. The maximum absolute atomic E-state index is 13.1. The molecule has 7 nitrogen and oxygen atoms in total. The number of thioether (sulfide) groups is 1. The Hall–Kier alpha value is -2.45. The summed E-state index contributed by atoms with van der Waals surface area (Å²) in [5.41, 5.74) is 1.53. The van der Waals surface area contributed by atoms with Crippen LogP contribution in [0, 0.1) is 6.92 Å². The van der Waals surface area contributed by atoms with Crippen LogP contribution in [0.3, 0.4) is 0 Å². The van der Waals surface area contributed by atoms with Crippen molar-refractivity contribution in [1.29, 1.82) is 0 Å². The minimum Gasteiger partial charge on any atom is -0.484 e. The molecule has 2 N–H and O–H groups in total. The first kappa shape index (κ1) is 27.1. The molecule has 0 bridgehead atoms. The van der Waals surface area contributed by atoms with Gasteiger partial charge in [-0.2, -0.15) is 0 Å². The van der Waals surface area contributed by atoms with E-state index in [4.69, 9.17) is 21.1 Å². The number of rotatable bonds is 9. The number of carbonyl (C=O) groups is 3. The van der Waals surface area contributed by atoms with E-state index in [1.165, 1.54) is 11.8 Å². The summed E-state index contributed by atoms with van der Waals surface area (Å²) >= 11 is 7.94. The Morgan fingerprint density at radius 1 is 1.31 bits per heavy atom. The standard InChI is InChI=1S/C26H33ClN2O5S/c1-5-17(30)9-7-10-18-14-33-24-21(27)12-19(16(3)23(24)34-18)25(31)28-13-20-22(35-4)11-6-8-15(2)29-26(20)32/h6,8,12,15,18H,5,7,9-11,13-14H2,1-4H3,(H,28,31)(H,29,32)/b8-6-,22-20+. The van der Waals surface area contributed by atoms with E-state index in [0.717, 1.165) is 4.91 Å². The Bertz CT molecular complexity index is 1050. The third-order valence-electron chi connectivity index (χ3n) is 6.13. The second-order valence-electron chi connectivity index (χ2n) is 8.71. The molecule has 2 atom stereocenters. The highest BCUT2D eigenvalue weighted by Gasteiger charge is 2.28. The number of carbonyl (C=O) groups excluding carboxylic acids is 3. The van der Waals surface area contributed by atoms with Crippen LogP contribution >= 0.6 is 23.4 Å². The van der Waals surface area contributed by atoms with Gasteiger partial charge >= 0.3 is 0 Å². The van der Waals surface area contributed by atoms with E-state index >= 15 is 0 Å². The molecular formula is C26H33ClN2O5S. The lowest BCUT2D eigenvalue weighted by Crippen LogP contribution is -2.38. The van der Waals surface area contributed by atoms with Crippen molar-refractivity contribution in [3.05, 3.63) is 44.8 Å². The zero-order valence-corrected chi connectivity index (χ0v) is 22.2. The van der Waals surface area contributed by atoms with E-state index in [0.29, 0.717) is 71.9 Å². The second kappa shape index (κ2) is 12.5.